The smallest absolute Gasteiger partial charge is 0.190 e. The molecule has 0 amide bonds. The van der Waals surface area contributed by atoms with Crippen molar-refractivity contribution in [3.63, 3.8) is 0 Å². The normalized spacial score (nSPS) is 13.8. The monoisotopic (exact) mass is 273 g/mol. The first-order chi connectivity index (χ1) is 9.19. The minimum absolute atomic E-state index is 0. The first kappa shape index (κ1) is 16.3. The molecule has 108 valence electrons. The van der Waals surface area contributed by atoms with E-state index in [1.807, 2.05) is 6.07 Å². The number of fused-ring (bicyclic) bond motifs is 1. The van der Waals surface area contributed by atoms with Gasteiger partial charge in [0.25, 0.3) is 0 Å². The fourth-order valence-electron chi connectivity index (χ4n) is 2.79. The Morgan fingerprint density at radius 1 is 0.950 bits per heavy atom. The molecule has 3 N–H and O–H groups in total. The van der Waals surface area contributed by atoms with Crippen molar-refractivity contribution in [3.8, 4) is 0 Å². The van der Waals surface area contributed by atoms with Crippen LogP contribution in [-0.4, -0.2) is 11.6 Å². The van der Waals surface area contributed by atoms with Gasteiger partial charge in [-0.25, -0.2) is 0 Å². The van der Waals surface area contributed by atoms with Gasteiger partial charge in [0.2, 0.25) is 0 Å². The number of rotatable bonds is 5. The fourth-order valence-corrected chi connectivity index (χ4v) is 2.79. The first-order valence-corrected chi connectivity index (χ1v) is 7.08. The van der Waals surface area contributed by atoms with E-state index >= 15 is 0 Å². The average Bonchev–Trinajstić information content (AvgIpc) is 2.43. The van der Waals surface area contributed by atoms with Crippen LogP contribution < -0.4 is 6.15 Å². The van der Waals surface area contributed by atoms with Crippen molar-refractivity contribution in [1.82, 2.24) is 6.15 Å². The minimum atomic E-state index is -0.0255. The van der Waals surface area contributed by atoms with Crippen LogP contribution in [0.15, 0.2) is 35.9 Å². The Labute approximate surface area is 120 Å². The molecule has 0 aromatic heterocycles. The Bertz CT molecular complexity index is 526. The van der Waals surface area contributed by atoms with Gasteiger partial charge in [-0.2, -0.15) is 0 Å². The predicted octanol–water partition coefficient (Wildman–Crippen LogP) is 4.37. The molecule has 0 heterocycles. The van der Waals surface area contributed by atoms with Crippen molar-refractivity contribution < 1.29 is 9.59 Å². The van der Waals surface area contributed by atoms with E-state index in [0.29, 0.717) is 16.7 Å². The lowest BCUT2D eigenvalue weighted by molar-refractivity contribution is 0.0972. The molecule has 1 aliphatic rings. The fraction of sp³-hybridized carbons (Fsp3) is 0.412. The Hall–Kier alpha value is -1.74. The van der Waals surface area contributed by atoms with Crippen LogP contribution in [0.1, 0.15) is 60.2 Å². The molecule has 0 unspecified atom stereocenters. The van der Waals surface area contributed by atoms with Crippen LogP contribution in [0.5, 0.6) is 0 Å². The average molecular weight is 273 g/mol. The molecule has 0 bridgehead atoms. The summed E-state index contributed by atoms with van der Waals surface area (Å²) in [6.45, 7) is 4.23. The van der Waals surface area contributed by atoms with Gasteiger partial charge in [0.1, 0.15) is 0 Å². The van der Waals surface area contributed by atoms with E-state index in [9.17, 15) is 9.59 Å². The lowest BCUT2D eigenvalue weighted by Gasteiger charge is -2.22. The molecule has 20 heavy (non-hydrogen) atoms. The Morgan fingerprint density at radius 3 is 2.05 bits per heavy atom. The highest BCUT2D eigenvalue weighted by Gasteiger charge is 2.29. The zero-order valence-corrected chi connectivity index (χ0v) is 12.3. The zero-order chi connectivity index (χ0) is 13.8. The van der Waals surface area contributed by atoms with Crippen LogP contribution in [0.2, 0.25) is 0 Å². The van der Waals surface area contributed by atoms with Gasteiger partial charge in [-0.05, 0) is 24.8 Å². The summed E-state index contributed by atoms with van der Waals surface area (Å²) in [7, 11) is 0. The second-order valence-corrected chi connectivity index (χ2v) is 5.11. The zero-order valence-electron chi connectivity index (χ0n) is 12.3. The number of allylic oxidation sites excluding steroid dienone is 2. The molecular formula is C17H23NO2. The van der Waals surface area contributed by atoms with Crippen molar-refractivity contribution in [2.45, 2.75) is 39.5 Å². The summed E-state index contributed by atoms with van der Waals surface area (Å²) in [5, 5.41) is 0. The van der Waals surface area contributed by atoms with E-state index < -0.39 is 0 Å². The van der Waals surface area contributed by atoms with Gasteiger partial charge in [0.05, 0.1) is 0 Å². The largest absolute Gasteiger partial charge is 0.344 e. The molecule has 3 heteroatoms. The van der Waals surface area contributed by atoms with Gasteiger partial charge >= 0.3 is 0 Å². The van der Waals surface area contributed by atoms with Crippen molar-refractivity contribution in [2.75, 3.05) is 0 Å². The molecule has 1 aliphatic carbocycles. The molecule has 0 spiro atoms. The Balaban J connectivity index is 0.00000200. The van der Waals surface area contributed by atoms with Crippen LogP contribution in [0.4, 0.5) is 0 Å². The molecule has 2 rings (SSSR count). The number of ketones is 2. The van der Waals surface area contributed by atoms with Gasteiger partial charge in [-0.15, -0.1) is 0 Å². The van der Waals surface area contributed by atoms with E-state index in [2.05, 4.69) is 13.8 Å². The lowest BCUT2D eigenvalue weighted by Crippen LogP contribution is -2.22. The van der Waals surface area contributed by atoms with Crippen molar-refractivity contribution in [2.24, 2.45) is 5.92 Å². The highest BCUT2D eigenvalue weighted by atomic mass is 16.1. The molecule has 0 radical (unpaired) electrons. The number of benzene rings is 1. The molecule has 0 fully saturated rings. The molecule has 0 saturated carbocycles. The summed E-state index contributed by atoms with van der Waals surface area (Å²) >= 11 is 0. The summed E-state index contributed by atoms with van der Waals surface area (Å²) in [6.07, 6.45) is 5.58. The standard InChI is InChI=1S/C17H20O2.H3N/c1-3-7-12(8-4-2)15-11-16(18)13-9-5-6-10-14(13)17(15)19;/h5-6,9-12H,3-4,7-8H2,1-2H3;1H3. The van der Waals surface area contributed by atoms with E-state index in [1.54, 1.807) is 24.3 Å². The Morgan fingerprint density at radius 2 is 1.50 bits per heavy atom. The molecule has 3 nitrogen and oxygen atoms in total. The maximum atomic E-state index is 12.5. The van der Waals surface area contributed by atoms with Gasteiger partial charge in [-0.3, -0.25) is 9.59 Å². The van der Waals surface area contributed by atoms with Gasteiger partial charge < -0.3 is 6.15 Å². The molecule has 0 atom stereocenters. The van der Waals surface area contributed by atoms with Crippen LogP contribution in [0.25, 0.3) is 0 Å². The van der Waals surface area contributed by atoms with Crippen molar-refractivity contribution in [1.29, 1.82) is 0 Å². The summed E-state index contributed by atoms with van der Waals surface area (Å²) in [6, 6.07) is 7.12. The summed E-state index contributed by atoms with van der Waals surface area (Å²) in [4.78, 5) is 24.7. The van der Waals surface area contributed by atoms with Crippen LogP contribution in [0, 0.1) is 5.92 Å². The second kappa shape index (κ2) is 7.15. The number of carbonyl (C=O) groups is 2. The molecule has 0 aliphatic heterocycles. The van der Waals surface area contributed by atoms with Gasteiger partial charge in [-0.1, -0.05) is 51.0 Å². The topological polar surface area (TPSA) is 69.1 Å². The minimum Gasteiger partial charge on any atom is -0.344 e. The maximum absolute atomic E-state index is 12.5. The highest BCUT2D eigenvalue weighted by Crippen LogP contribution is 2.30. The van der Waals surface area contributed by atoms with E-state index in [0.717, 1.165) is 25.7 Å². The van der Waals surface area contributed by atoms with E-state index in [1.165, 1.54) is 0 Å². The third-order valence-electron chi connectivity index (χ3n) is 3.70. The van der Waals surface area contributed by atoms with Crippen LogP contribution in [-0.2, 0) is 0 Å². The second-order valence-electron chi connectivity index (χ2n) is 5.11. The molecular weight excluding hydrogens is 250 g/mol. The summed E-state index contributed by atoms with van der Waals surface area (Å²) < 4.78 is 0. The summed E-state index contributed by atoms with van der Waals surface area (Å²) in [5.41, 5.74) is 1.83. The third-order valence-corrected chi connectivity index (χ3v) is 3.70. The lowest BCUT2D eigenvalue weighted by atomic mass is 9.80. The molecule has 1 aromatic rings. The van der Waals surface area contributed by atoms with Crippen molar-refractivity contribution in [3.05, 3.63) is 47.0 Å². The van der Waals surface area contributed by atoms with Gasteiger partial charge in [0, 0.05) is 16.7 Å². The van der Waals surface area contributed by atoms with Crippen LogP contribution >= 0.6 is 0 Å². The number of hydrogen-bond acceptors (Lipinski definition) is 3. The van der Waals surface area contributed by atoms with E-state index in [-0.39, 0.29) is 23.6 Å². The number of carbonyl (C=O) groups excluding carboxylic acids is 2. The van der Waals surface area contributed by atoms with E-state index in [4.69, 9.17) is 0 Å². The molecule has 1 aromatic carbocycles. The highest BCUT2D eigenvalue weighted by molar-refractivity contribution is 6.24. The van der Waals surface area contributed by atoms with Gasteiger partial charge in [0.15, 0.2) is 11.6 Å². The van der Waals surface area contributed by atoms with Crippen molar-refractivity contribution >= 4 is 11.6 Å². The first-order valence-electron chi connectivity index (χ1n) is 7.08. The maximum Gasteiger partial charge on any atom is 0.190 e. The SMILES string of the molecule is CCCC(CCC)C1=CC(=O)c2ccccc2C1=O.N. The summed E-state index contributed by atoms with van der Waals surface area (Å²) in [5.74, 6) is 0.240. The third kappa shape index (κ3) is 3.05. The quantitative estimate of drug-likeness (QED) is 0.866. The molecule has 0 saturated heterocycles. The predicted molar refractivity (Wildman–Crippen MR) is 81.5 cm³/mol. The Kier molecular flexibility index (Phi) is 5.83. The van der Waals surface area contributed by atoms with Crippen LogP contribution in [0.3, 0.4) is 0 Å². The number of Topliss-reactive ketones (excluding diaryl/α,β-unsaturated/α-hetero) is 1. The number of hydrogen-bond donors (Lipinski definition) is 1.